The Morgan fingerprint density at radius 1 is 1.52 bits per heavy atom. The molecule has 0 atom stereocenters. The third-order valence-electron chi connectivity index (χ3n) is 2.31. The standard InChI is InChI=1S/C12H15FN2O5S/c1-9(2)8-20-7-6-14-21(18,19)11-5-3-4-10(13)12(11)15(16)17/h3-5,14H,1,6-8H2,2H3. The van der Waals surface area contributed by atoms with E-state index in [-0.39, 0.29) is 19.8 Å². The summed E-state index contributed by atoms with van der Waals surface area (Å²) in [5.41, 5.74) is -0.300. The molecule has 0 unspecified atom stereocenters. The third kappa shape index (κ3) is 4.88. The molecule has 1 N–H and O–H groups in total. The molecule has 0 aromatic heterocycles. The van der Waals surface area contributed by atoms with E-state index in [1.165, 1.54) is 0 Å². The van der Waals surface area contributed by atoms with E-state index in [4.69, 9.17) is 4.74 Å². The van der Waals surface area contributed by atoms with Crippen molar-refractivity contribution in [1.82, 2.24) is 4.72 Å². The second-order valence-electron chi connectivity index (χ2n) is 4.25. The van der Waals surface area contributed by atoms with Gasteiger partial charge in [0.2, 0.25) is 15.8 Å². The van der Waals surface area contributed by atoms with E-state index in [0.29, 0.717) is 0 Å². The summed E-state index contributed by atoms with van der Waals surface area (Å²) >= 11 is 0. The Morgan fingerprint density at radius 3 is 2.76 bits per heavy atom. The average molecular weight is 318 g/mol. The Balaban J connectivity index is 2.82. The zero-order chi connectivity index (χ0) is 16.0. The number of hydrogen-bond acceptors (Lipinski definition) is 5. The fourth-order valence-electron chi connectivity index (χ4n) is 1.46. The molecule has 0 aliphatic rings. The van der Waals surface area contributed by atoms with Crippen molar-refractivity contribution in [3.05, 3.63) is 46.3 Å². The molecule has 0 saturated heterocycles. The highest BCUT2D eigenvalue weighted by atomic mass is 32.2. The number of halogens is 1. The van der Waals surface area contributed by atoms with Crippen LogP contribution in [0, 0.1) is 15.9 Å². The summed E-state index contributed by atoms with van der Waals surface area (Å²) in [6, 6.07) is 2.89. The molecule has 7 nitrogen and oxygen atoms in total. The normalized spacial score (nSPS) is 11.3. The van der Waals surface area contributed by atoms with Crippen LogP contribution >= 0.6 is 0 Å². The lowest BCUT2D eigenvalue weighted by molar-refractivity contribution is -0.390. The number of rotatable bonds is 8. The maximum atomic E-state index is 13.4. The number of nitrogens with zero attached hydrogens (tertiary/aromatic N) is 1. The number of hydrogen-bond donors (Lipinski definition) is 1. The van der Waals surface area contributed by atoms with Crippen LogP contribution in [0.1, 0.15) is 6.92 Å². The molecule has 1 aromatic carbocycles. The number of benzene rings is 1. The molecule has 21 heavy (non-hydrogen) atoms. The Morgan fingerprint density at radius 2 is 2.19 bits per heavy atom. The molecule has 1 aromatic rings. The van der Waals surface area contributed by atoms with Crippen molar-refractivity contribution in [2.45, 2.75) is 11.8 Å². The Hall–Kier alpha value is -1.84. The Labute approximate surface area is 121 Å². The fraction of sp³-hybridized carbons (Fsp3) is 0.333. The average Bonchev–Trinajstić information content (AvgIpc) is 2.37. The maximum absolute atomic E-state index is 13.4. The van der Waals surface area contributed by atoms with Gasteiger partial charge in [-0.05, 0) is 19.1 Å². The van der Waals surface area contributed by atoms with E-state index in [1.807, 2.05) is 0 Å². The van der Waals surface area contributed by atoms with Gasteiger partial charge in [-0.2, -0.15) is 4.39 Å². The van der Waals surface area contributed by atoms with Crippen LogP contribution in [-0.4, -0.2) is 33.1 Å². The number of nitrogens with one attached hydrogen (secondary N) is 1. The maximum Gasteiger partial charge on any atom is 0.324 e. The molecular formula is C12H15FN2O5S. The van der Waals surface area contributed by atoms with Gasteiger partial charge in [0, 0.05) is 6.54 Å². The molecule has 1 rings (SSSR count). The Bertz CT molecular complexity index is 645. The lowest BCUT2D eigenvalue weighted by Gasteiger charge is -2.08. The predicted molar refractivity (Wildman–Crippen MR) is 73.9 cm³/mol. The van der Waals surface area contributed by atoms with E-state index in [1.54, 1.807) is 6.92 Å². The topological polar surface area (TPSA) is 98.5 Å². The fourth-order valence-corrected chi connectivity index (χ4v) is 2.65. The number of ether oxygens (including phenoxy) is 1. The van der Waals surface area contributed by atoms with Crippen molar-refractivity contribution in [2.75, 3.05) is 19.8 Å². The van der Waals surface area contributed by atoms with Crippen LogP contribution in [0.2, 0.25) is 0 Å². The molecule has 0 aliphatic heterocycles. The number of nitro benzene ring substituents is 1. The van der Waals surface area contributed by atoms with Gasteiger partial charge in [0.25, 0.3) is 0 Å². The molecule has 9 heteroatoms. The van der Waals surface area contributed by atoms with Crippen LogP contribution in [-0.2, 0) is 14.8 Å². The van der Waals surface area contributed by atoms with Crippen molar-refractivity contribution in [1.29, 1.82) is 0 Å². The molecule has 0 bridgehead atoms. The minimum absolute atomic E-state index is 0.0647. The lowest BCUT2D eigenvalue weighted by Crippen LogP contribution is -2.28. The molecular weight excluding hydrogens is 303 g/mol. The molecule has 0 heterocycles. The molecule has 0 spiro atoms. The monoisotopic (exact) mass is 318 g/mol. The van der Waals surface area contributed by atoms with Gasteiger partial charge in [-0.3, -0.25) is 10.1 Å². The SMILES string of the molecule is C=C(C)COCCNS(=O)(=O)c1cccc(F)c1[N+](=O)[O-]. The summed E-state index contributed by atoms with van der Waals surface area (Å²) in [6.07, 6.45) is 0. The van der Waals surface area contributed by atoms with Crippen molar-refractivity contribution >= 4 is 15.7 Å². The molecule has 0 aliphatic carbocycles. The minimum atomic E-state index is -4.19. The van der Waals surface area contributed by atoms with Crippen LogP contribution in [0.4, 0.5) is 10.1 Å². The zero-order valence-electron chi connectivity index (χ0n) is 11.3. The van der Waals surface area contributed by atoms with Gasteiger partial charge in [0.15, 0.2) is 4.90 Å². The van der Waals surface area contributed by atoms with E-state index >= 15 is 0 Å². The molecule has 0 amide bonds. The highest BCUT2D eigenvalue weighted by Gasteiger charge is 2.28. The van der Waals surface area contributed by atoms with Crippen LogP contribution in [0.25, 0.3) is 0 Å². The first-order chi connectivity index (χ1) is 9.75. The second kappa shape index (κ2) is 7.25. The molecule has 0 radical (unpaired) electrons. The van der Waals surface area contributed by atoms with Crippen molar-refractivity contribution in [3.8, 4) is 0 Å². The number of sulfonamides is 1. The van der Waals surface area contributed by atoms with E-state index in [0.717, 1.165) is 23.8 Å². The van der Waals surface area contributed by atoms with Gasteiger partial charge in [0.05, 0.1) is 18.1 Å². The third-order valence-corrected chi connectivity index (χ3v) is 3.80. The van der Waals surface area contributed by atoms with Crippen LogP contribution in [0.15, 0.2) is 35.2 Å². The zero-order valence-corrected chi connectivity index (χ0v) is 12.2. The van der Waals surface area contributed by atoms with Crippen molar-refractivity contribution < 1.29 is 22.5 Å². The van der Waals surface area contributed by atoms with E-state index < -0.39 is 31.3 Å². The second-order valence-corrected chi connectivity index (χ2v) is 5.99. The summed E-state index contributed by atoms with van der Waals surface area (Å²) < 4.78 is 44.5. The first kappa shape index (κ1) is 17.2. The quantitative estimate of drug-likeness (QED) is 0.340. The van der Waals surface area contributed by atoms with E-state index in [2.05, 4.69) is 11.3 Å². The van der Waals surface area contributed by atoms with Gasteiger partial charge in [-0.1, -0.05) is 18.2 Å². The van der Waals surface area contributed by atoms with Crippen molar-refractivity contribution in [2.24, 2.45) is 0 Å². The largest absolute Gasteiger partial charge is 0.376 e. The highest BCUT2D eigenvalue weighted by Crippen LogP contribution is 2.26. The molecule has 0 fully saturated rings. The van der Waals surface area contributed by atoms with Gasteiger partial charge >= 0.3 is 5.69 Å². The van der Waals surface area contributed by atoms with Crippen LogP contribution < -0.4 is 4.72 Å². The highest BCUT2D eigenvalue weighted by molar-refractivity contribution is 7.89. The van der Waals surface area contributed by atoms with Crippen LogP contribution in [0.3, 0.4) is 0 Å². The molecule has 0 saturated carbocycles. The first-order valence-electron chi connectivity index (χ1n) is 5.90. The number of nitro groups is 1. The van der Waals surface area contributed by atoms with Gasteiger partial charge in [0.1, 0.15) is 0 Å². The summed E-state index contributed by atoms with van der Waals surface area (Å²) in [5, 5.41) is 10.8. The van der Waals surface area contributed by atoms with Gasteiger partial charge < -0.3 is 4.74 Å². The van der Waals surface area contributed by atoms with E-state index in [9.17, 15) is 22.9 Å². The molecule has 116 valence electrons. The van der Waals surface area contributed by atoms with Gasteiger partial charge in [-0.15, -0.1) is 0 Å². The van der Waals surface area contributed by atoms with Gasteiger partial charge in [-0.25, -0.2) is 13.1 Å². The smallest absolute Gasteiger partial charge is 0.324 e. The summed E-state index contributed by atoms with van der Waals surface area (Å²) in [6.45, 7) is 5.61. The van der Waals surface area contributed by atoms with Crippen molar-refractivity contribution in [3.63, 3.8) is 0 Å². The number of para-hydroxylation sites is 1. The predicted octanol–water partition coefficient (Wildman–Crippen LogP) is 1.60. The summed E-state index contributed by atoms with van der Waals surface area (Å²) in [7, 11) is -4.19. The van der Waals surface area contributed by atoms with Crippen LogP contribution in [0.5, 0.6) is 0 Å². The Kier molecular flexibility index (Phi) is 5.94. The summed E-state index contributed by atoms with van der Waals surface area (Å²) in [4.78, 5) is 9.00. The lowest BCUT2D eigenvalue weighted by atomic mass is 10.3. The minimum Gasteiger partial charge on any atom is -0.376 e. The first-order valence-corrected chi connectivity index (χ1v) is 7.38. The summed E-state index contributed by atoms with van der Waals surface area (Å²) in [5.74, 6) is -1.21.